The van der Waals surface area contributed by atoms with E-state index in [1.54, 1.807) is 26.4 Å². The van der Waals surface area contributed by atoms with E-state index < -0.39 is 0 Å². The zero-order chi connectivity index (χ0) is 14.3. The normalized spacial score (nSPS) is 12.0. The SMILES string of the molecule is CCC[C@H](C)NC(=O)c1ccc(OC)c(COC)c1. The monoisotopic (exact) mass is 265 g/mol. The Balaban J connectivity index is 2.82. The van der Waals surface area contributed by atoms with Gasteiger partial charge >= 0.3 is 0 Å². The lowest BCUT2D eigenvalue weighted by molar-refractivity contribution is 0.0938. The predicted molar refractivity (Wildman–Crippen MR) is 75.5 cm³/mol. The molecular formula is C15H23NO3. The van der Waals surface area contributed by atoms with Crippen molar-refractivity contribution in [1.29, 1.82) is 0 Å². The lowest BCUT2D eigenvalue weighted by atomic mass is 10.1. The molecule has 1 amide bonds. The van der Waals surface area contributed by atoms with Gasteiger partial charge in [-0.2, -0.15) is 0 Å². The minimum atomic E-state index is -0.0547. The first-order valence-electron chi connectivity index (χ1n) is 6.59. The zero-order valence-corrected chi connectivity index (χ0v) is 12.2. The number of benzene rings is 1. The van der Waals surface area contributed by atoms with Crippen molar-refractivity contribution in [3.05, 3.63) is 29.3 Å². The topological polar surface area (TPSA) is 47.6 Å². The summed E-state index contributed by atoms with van der Waals surface area (Å²) in [6.07, 6.45) is 2.03. The molecule has 0 radical (unpaired) electrons. The maximum Gasteiger partial charge on any atom is 0.251 e. The number of nitrogens with one attached hydrogen (secondary N) is 1. The van der Waals surface area contributed by atoms with E-state index in [0.717, 1.165) is 24.2 Å². The maximum atomic E-state index is 12.1. The van der Waals surface area contributed by atoms with Crippen molar-refractivity contribution in [3.8, 4) is 5.75 Å². The van der Waals surface area contributed by atoms with Gasteiger partial charge in [0.2, 0.25) is 0 Å². The summed E-state index contributed by atoms with van der Waals surface area (Å²) in [5.41, 5.74) is 1.51. The van der Waals surface area contributed by atoms with Gasteiger partial charge in [-0.15, -0.1) is 0 Å². The van der Waals surface area contributed by atoms with Crippen LogP contribution in [0.4, 0.5) is 0 Å². The Morgan fingerprint density at radius 1 is 1.37 bits per heavy atom. The van der Waals surface area contributed by atoms with Crippen molar-refractivity contribution in [3.63, 3.8) is 0 Å². The number of methoxy groups -OCH3 is 2. The van der Waals surface area contributed by atoms with E-state index in [1.807, 2.05) is 13.0 Å². The van der Waals surface area contributed by atoms with E-state index in [2.05, 4.69) is 12.2 Å². The first-order chi connectivity index (χ1) is 9.12. The van der Waals surface area contributed by atoms with Crippen molar-refractivity contribution in [2.75, 3.05) is 14.2 Å². The summed E-state index contributed by atoms with van der Waals surface area (Å²) in [6.45, 7) is 4.54. The van der Waals surface area contributed by atoms with Crippen molar-refractivity contribution >= 4 is 5.91 Å². The minimum absolute atomic E-state index is 0.0547. The summed E-state index contributed by atoms with van der Waals surface area (Å²) in [6, 6.07) is 5.57. The number of ether oxygens (including phenoxy) is 2. The van der Waals surface area contributed by atoms with Gasteiger partial charge in [0.15, 0.2) is 0 Å². The first-order valence-corrected chi connectivity index (χ1v) is 6.59. The molecule has 1 aromatic rings. The molecule has 0 bridgehead atoms. The standard InChI is InChI=1S/C15H23NO3/c1-5-6-11(2)16-15(17)12-7-8-14(19-4)13(9-12)10-18-3/h7-9,11H,5-6,10H2,1-4H3,(H,16,17)/t11-/m0/s1. The van der Waals surface area contributed by atoms with Crippen molar-refractivity contribution in [1.82, 2.24) is 5.32 Å². The summed E-state index contributed by atoms with van der Waals surface area (Å²) in [5, 5.41) is 2.98. The van der Waals surface area contributed by atoms with E-state index in [1.165, 1.54) is 0 Å². The average molecular weight is 265 g/mol. The van der Waals surface area contributed by atoms with E-state index in [-0.39, 0.29) is 11.9 Å². The highest BCUT2D eigenvalue weighted by Crippen LogP contribution is 2.20. The molecule has 0 heterocycles. The highest BCUT2D eigenvalue weighted by molar-refractivity contribution is 5.94. The number of amides is 1. The van der Waals surface area contributed by atoms with Crippen LogP contribution < -0.4 is 10.1 Å². The molecule has 0 saturated heterocycles. The van der Waals surface area contributed by atoms with Crippen LogP contribution in [0.3, 0.4) is 0 Å². The summed E-state index contributed by atoms with van der Waals surface area (Å²) in [7, 11) is 3.23. The third-order valence-electron chi connectivity index (χ3n) is 2.94. The fourth-order valence-corrected chi connectivity index (χ4v) is 2.00. The maximum absolute atomic E-state index is 12.1. The second-order valence-corrected chi connectivity index (χ2v) is 4.62. The fraction of sp³-hybridized carbons (Fsp3) is 0.533. The highest BCUT2D eigenvalue weighted by atomic mass is 16.5. The smallest absolute Gasteiger partial charge is 0.251 e. The lowest BCUT2D eigenvalue weighted by Crippen LogP contribution is -2.32. The summed E-state index contributed by atoms with van der Waals surface area (Å²) in [5.74, 6) is 0.681. The third-order valence-corrected chi connectivity index (χ3v) is 2.94. The van der Waals surface area contributed by atoms with Crippen LogP contribution in [0.2, 0.25) is 0 Å². The number of carbonyl (C=O) groups excluding carboxylic acids is 1. The van der Waals surface area contributed by atoms with Crippen molar-refractivity contribution in [2.24, 2.45) is 0 Å². The van der Waals surface area contributed by atoms with Crippen LogP contribution in [-0.2, 0) is 11.3 Å². The predicted octanol–water partition coefficient (Wildman–Crippen LogP) is 2.76. The summed E-state index contributed by atoms with van der Waals surface area (Å²) >= 11 is 0. The van der Waals surface area contributed by atoms with Gasteiger partial charge in [-0.1, -0.05) is 13.3 Å². The van der Waals surface area contributed by atoms with E-state index in [9.17, 15) is 4.79 Å². The summed E-state index contributed by atoms with van der Waals surface area (Å²) < 4.78 is 10.4. The number of hydrogen-bond acceptors (Lipinski definition) is 3. The molecule has 4 nitrogen and oxygen atoms in total. The van der Waals surface area contributed by atoms with Crippen molar-refractivity contribution in [2.45, 2.75) is 39.3 Å². The Labute approximate surface area is 115 Å². The number of hydrogen-bond donors (Lipinski definition) is 1. The van der Waals surface area contributed by atoms with Gasteiger partial charge in [-0.3, -0.25) is 4.79 Å². The van der Waals surface area contributed by atoms with E-state index in [4.69, 9.17) is 9.47 Å². The van der Waals surface area contributed by atoms with Gasteiger partial charge in [-0.25, -0.2) is 0 Å². The minimum Gasteiger partial charge on any atom is -0.496 e. The molecule has 0 aromatic heterocycles. The second-order valence-electron chi connectivity index (χ2n) is 4.62. The Kier molecular flexibility index (Phi) is 6.36. The molecule has 1 aromatic carbocycles. The van der Waals surface area contributed by atoms with Crippen LogP contribution in [0, 0.1) is 0 Å². The molecular weight excluding hydrogens is 242 g/mol. The lowest BCUT2D eigenvalue weighted by Gasteiger charge is -2.14. The van der Waals surface area contributed by atoms with Crippen LogP contribution in [0.1, 0.15) is 42.6 Å². The van der Waals surface area contributed by atoms with Gasteiger partial charge in [0.05, 0.1) is 13.7 Å². The Bertz CT molecular complexity index is 418. The molecule has 0 unspecified atom stereocenters. The van der Waals surface area contributed by atoms with Crippen LogP contribution >= 0.6 is 0 Å². The molecule has 0 spiro atoms. The van der Waals surface area contributed by atoms with Gasteiger partial charge in [0.25, 0.3) is 5.91 Å². The molecule has 0 aliphatic rings. The molecule has 4 heteroatoms. The second kappa shape index (κ2) is 7.79. The number of carbonyl (C=O) groups is 1. The molecule has 0 saturated carbocycles. The Hall–Kier alpha value is -1.55. The fourth-order valence-electron chi connectivity index (χ4n) is 2.00. The largest absolute Gasteiger partial charge is 0.496 e. The van der Waals surface area contributed by atoms with Gasteiger partial charge in [-0.05, 0) is 31.5 Å². The molecule has 19 heavy (non-hydrogen) atoms. The third kappa shape index (κ3) is 4.56. The molecule has 0 fully saturated rings. The Morgan fingerprint density at radius 2 is 2.11 bits per heavy atom. The van der Waals surface area contributed by atoms with Crippen molar-refractivity contribution < 1.29 is 14.3 Å². The molecule has 0 aliphatic carbocycles. The van der Waals surface area contributed by atoms with Gasteiger partial charge < -0.3 is 14.8 Å². The average Bonchev–Trinajstić information content (AvgIpc) is 2.39. The number of rotatable bonds is 7. The summed E-state index contributed by atoms with van der Waals surface area (Å²) in [4.78, 5) is 12.1. The molecule has 0 aliphatic heterocycles. The molecule has 1 atom stereocenters. The first kappa shape index (κ1) is 15.5. The molecule has 106 valence electrons. The van der Waals surface area contributed by atoms with E-state index >= 15 is 0 Å². The van der Waals surface area contributed by atoms with Crippen LogP contribution in [0.25, 0.3) is 0 Å². The van der Waals surface area contributed by atoms with Gasteiger partial charge in [0, 0.05) is 24.3 Å². The molecule has 1 N–H and O–H groups in total. The quantitative estimate of drug-likeness (QED) is 0.824. The zero-order valence-electron chi connectivity index (χ0n) is 12.2. The van der Waals surface area contributed by atoms with Crippen LogP contribution in [0.5, 0.6) is 5.75 Å². The van der Waals surface area contributed by atoms with Crippen LogP contribution in [-0.4, -0.2) is 26.2 Å². The highest BCUT2D eigenvalue weighted by Gasteiger charge is 2.12. The van der Waals surface area contributed by atoms with Gasteiger partial charge in [0.1, 0.15) is 5.75 Å². The molecule has 1 rings (SSSR count). The van der Waals surface area contributed by atoms with Crippen LogP contribution in [0.15, 0.2) is 18.2 Å². The Morgan fingerprint density at radius 3 is 2.68 bits per heavy atom. The van der Waals surface area contributed by atoms with E-state index in [0.29, 0.717) is 12.2 Å².